The van der Waals surface area contributed by atoms with Gasteiger partial charge in [-0.25, -0.2) is 0 Å². The summed E-state index contributed by atoms with van der Waals surface area (Å²) in [6, 6.07) is 8.18. The van der Waals surface area contributed by atoms with Gasteiger partial charge in [-0.2, -0.15) is 0 Å². The standard InChI is InChI=1S/C9H11BrN2S/c1-12-9(11)13-6-7-2-4-8(10)5-3-7/h2-5H,6H2,1H3,(H2,11,12). The Morgan fingerprint density at radius 1 is 1.46 bits per heavy atom. The molecule has 0 bridgehead atoms. The van der Waals surface area contributed by atoms with Crippen LogP contribution in [0, 0.1) is 0 Å². The Morgan fingerprint density at radius 2 is 2.08 bits per heavy atom. The van der Waals surface area contributed by atoms with E-state index in [1.54, 1.807) is 18.8 Å². The van der Waals surface area contributed by atoms with Crippen molar-refractivity contribution in [1.82, 2.24) is 0 Å². The fourth-order valence-electron chi connectivity index (χ4n) is 0.802. The summed E-state index contributed by atoms with van der Waals surface area (Å²) in [6.45, 7) is 0. The molecule has 0 amide bonds. The number of hydrogen-bond acceptors (Lipinski definition) is 2. The van der Waals surface area contributed by atoms with Crippen LogP contribution < -0.4 is 5.73 Å². The predicted molar refractivity (Wildman–Crippen MR) is 63.0 cm³/mol. The first kappa shape index (κ1) is 10.6. The fourth-order valence-corrected chi connectivity index (χ4v) is 1.70. The van der Waals surface area contributed by atoms with Crippen molar-refractivity contribution in [2.24, 2.45) is 10.7 Å². The number of thioether (sulfide) groups is 1. The molecule has 0 radical (unpaired) electrons. The zero-order chi connectivity index (χ0) is 9.68. The molecule has 4 heteroatoms. The highest BCUT2D eigenvalue weighted by Crippen LogP contribution is 2.15. The molecule has 0 unspecified atom stereocenters. The minimum absolute atomic E-state index is 0.628. The van der Waals surface area contributed by atoms with Crippen LogP contribution in [0.3, 0.4) is 0 Å². The van der Waals surface area contributed by atoms with Crippen LogP contribution in [0.4, 0.5) is 0 Å². The van der Waals surface area contributed by atoms with Gasteiger partial charge in [0.05, 0.1) is 0 Å². The third kappa shape index (κ3) is 3.83. The molecule has 0 fully saturated rings. The van der Waals surface area contributed by atoms with Gasteiger partial charge in [0, 0.05) is 17.3 Å². The highest BCUT2D eigenvalue weighted by atomic mass is 79.9. The lowest BCUT2D eigenvalue weighted by Crippen LogP contribution is -2.05. The summed E-state index contributed by atoms with van der Waals surface area (Å²) < 4.78 is 1.10. The van der Waals surface area contributed by atoms with Gasteiger partial charge < -0.3 is 5.73 Å². The Hall–Kier alpha value is -0.480. The van der Waals surface area contributed by atoms with Crippen molar-refractivity contribution < 1.29 is 0 Å². The maximum atomic E-state index is 5.55. The molecule has 0 aliphatic carbocycles. The molecule has 70 valence electrons. The van der Waals surface area contributed by atoms with E-state index < -0.39 is 0 Å². The van der Waals surface area contributed by atoms with E-state index in [9.17, 15) is 0 Å². The Balaban J connectivity index is 2.51. The first-order valence-electron chi connectivity index (χ1n) is 3.82. The number of amidine groups is 1. The SMILES string of the molecule is CN=C(N)SCc1ccc(Br)cc1. The predicted octanol–water partition coefficient (Wildman–Crippen LogP) is 2.63. The number of nitrogens with zero attached hydrogens (tertiary/aromatic N) is 1. The number of nitrogens with two attached hydrogens (primary N) is 1. The Bertz CT molecular complexity index is 295. The van der Waals surface area contributed by atoms with Crippen molar-refractivity contribution in [2.75, 3.05) is 7.05 Å². The first-order chi connectivity index (χ1) is 6.22. The van der Waals surface area contributed by atoms with Crippen molar-refractivity contribution in [3.63, 3.8) is 0 Å². The first-order valence-corrected chi connectivity index (χ1v) is 5.59. The van der Waals surface area contributed by atoms with Gasteiger partial charge in [-0.1, -0.05) is 39.8 Å². The van der Waals surface area contributed by atoms with Crippen LogP contribution in [0.2, 0.25) is 0 Å². The molecule has 0 atom stereocenters. The van der Waals surface area contributed by atoms with Gasteiger partial charge in [-0.05, 0) is 17.7 Å². The van der Waals surface area contributed by atoms with Crippen molar-refractivity contribution in [2.45, 2.75) is 5.75 Å². The van der Waals surface area contributed by atoms with E-state index in [-0.39, 0.29) is 0 Å². The highest BCUT2D eigenvalue weighted by molar-refractivity contribution is 9.10. The maximum absolute atomic E-state index is 5.55. The molecule has 0 heterocycles. The smallest absolute Gasteiger partial charge is 0.153 e. The average Bonchev–Trinajstić information content (AvgIpc) is 2.16. The van der Waals surface area contributed by atoms with Gasteiger partial charge in [-0.3, -0.25) is 4.99 Å². The minimum atomic E-state index is 0.628. The topological polar surface area (TPSA) is 38.4 Å². The minimum Gasteiger partial charge on any atom is -0.379 e. The molecule has 0 aliphatic rings. The van der Waals surface area contributed by atoms with E-state index in [2.05, 4.69) is 33.1 Å². The molecule has 2 N–H and O–H groups in total. The van der Waals surface area contributed by atoms with Crippen molar-refractivity contribution in [3.8, 4) is 0 Å². The summed E-state index contributed by atoms with van der Waals surface area (Å²) in [6.07, 6.45) is 0. The third-order valence-electron chi connectivity index (χ3n) is 1.52. The van der Waals surface area contributed by atoms with Gasteiger partial charge >= 0.3 is 0 Å². The monoisotopic (exact) mass is 258 g/mol. The van der Waals surface area contributed by atoms with Crippen molar-refractivity contribution in [1.29, 1.82) is 0 Å². The Morgan fingerprint density at radius 3 is 2.62 bits per heavy atom. The number of hydrogen-bond donors (Lipinski definition) is 1. The van der Waals surface area contributed by atoms with Gasteiger partial charge in [-0.15, -0.1) is 0 Å². The number of benzene rings is 1. The van der Waals surface area contributed by atoms with E-state index >= 15 is 0 Å². The molecular formula is C9H11BrN2S. The van der Waals surface area contributed by atoms with E-state index in [1.165, 1.54) is 5.56 Å². The lowest BCUT2D eigenvalue weighted by Gasteiger charge is -2.00. The molecule has 1 aromatic rings. The second-order valence-electron chi connectivity index (χ2n) is 2.48. The summed E-state index contributed by atoms with van der Waals surface area (Å²) in [5.74, 6) is 0.871. The summed E-state index contributed by atoms with van der Waals surface area (Å²) in [4.78, 5) is 3.87. The summed E-state index contributed by atoms with van der Waals surface area (Å²) in [5.41, 5.74) is 6.80. The number of aliphatic imine (C=N–C) groups is 1. The normalized spacial score (nSPS) is 11.7. The van der Waals surface area contributed by atoms with Crippen LogP contribution >= 0.6 is 27.7 Å². The van der Waals surface area contributed by atoms with Gasteiger partial charge in [0.15, 0.2) is 5.17 Å². The molecule has 1 rings (SSSR count). The number of rotatable bonds is 2. The summed E-state index contributed by atoms with van der Waals surface area (Å²) >= 11 is 4.93. The molecule has 0 saturated heterocycles. The zero-order valence-electron chi connectivity index (χ0n) is 7.33. The quantitative estimate of drug-likeness (QED) is 0.655. The fraction of sp³-hybridized carbons (Fsp3) is 0.222. The largest absolute Gasteiger partial charge is 0.379 e. The molecule has 0 aliphatic heterocycles. The van der Waals surface area contributed by atoms with Crippen LogP contribution in [0.5, 0.6) is 0 Å². The van der Waals surface area contributed by atoms with E-state index in [0.717, 1.165) is 10.2 Å². The second kappa shape index (κ2) is 5.29. The number of halogens is 1. The zero-order valence-corrected chi connectivity index (χ0v) is 9.73. The van der Waals surface area contributed by atoms with Crippen LogP contribution in [0.25, 0.3) is 0 Å². The van der Waals surface area contributed by atoms with Crippen LogP contribution in [0.1, 0.15) is 5.56 Å². The van der Waals surface area contributed by atoms with Gasteiger partial charge in [0.1, 0.15) is 0 Å². The highest BCUT2D eigenvalue weighted by Gasteiger charge is 1.95. The molecule has 0 aromatic heterocycles. The van der Waals surface area contributed by atoms with Crippen molar-refractivity contribution >= 4 is 32.9 Å². The second-order valence-corrected chi connectivity index (χ2v) is 4.39. The molecular weight excluding hydrogens is 248 g/mol. The Labute approximate surface area is 90.8 Å². The lowest BCUT2D eigenvalue weighted by atomic mass is 10.2. The van der Waals surface area contributed by atoms with E-state index in [1.807, 2.05) is 12.1 Å². The van der Waals surface area contributed by atoms with Crippen molar-refractivity contribution in [3.05, 3.63) is 34.3 Å². The molecule has 0 spiro atoms. The van der Waals surface area contributed by atoms with Gasteiger partial charge in [0.2, 0.25) is 0 Å². The average molecular weight is 259 g/mol. The molecule has 0 saturated carbocycles. The van der Waals surface area contributed by atoms with E-state index in [0.29, 0.717) is 5.17 Å². The third-order valence-corrected chi connectivity index (χ3v) is 3.01. The molecule has 2 nitrogen and oxygen atoms in total. The van der Waals surface area contributed by atoms with Crippen LogP contribution in [-0.4, -0.2) is 12.2 Å². The lowest BCUT2D eigenvalue weighted by molar-refractivity contribution is 1.40. The van der Waals surface area contributed by atoms with Crippen LogP contribution in [-0.2, 0) is 5.75 Å². The maximum Gasteiger partial charge on any atom is 0.153 e. The van der Waals surface area contributed by atoms with E-state index in [4.69, 9.17) is 5.73 Å². The molecule has 1 aromatic carbocycles. The molecule has 13 heavy (non-hydrogen) atoms. The Kier molecular flexibility index (Phi) is 4.32. The summed E-state index contributed by atoms with van der Waals surface area (Å²) in [7, 11) is 1.70. The van der Waals surface area contributed by atoms with Crippen LogP contribution in [0.15, 0.2) is 33.7 Å². The summed E-state index contributed by atoms with van der Waals surface area (Å²) in [5, 5.41) is 0.628. The van der Waals surface area contributed by atoms with Gasteiger partial charge in [0.25, 0.3) is 0 Å².